The average molecular weight is 306 g/mol. The van der Waals surface area contributed by atoms with E-state index in [0.717, 1.165) is 30.6 Å². The Balaban J connectivity index is 1.95. The quantitative estimate of drug-likeness (QED) is 0.481. The summed E-state index contributed by atoms with van der Waals surface area (Å²) in [5.74, 6) is 2.74. The molecule has 0 aliphatic heterocycles. The SMILES string of the molecule is CCCCNC(=NCc1nnc(C)n1C)NC1CCCCC1. The van der Waals surface area contributed by atoms with Crippen molar-refractivity contribution < 1.29 is 0 Å². The van der Waals surface area contributed by atoms with Gasteiger partial charge in [-0.2, -0.15) is 0 Å². The predicted octanol–water partition coefficient (Wildman–Crippen LogP) is 2.29. The summed E-state index contributed by atoms with van der Waals surface area (Å²) < 4.78 is 1.99. The highest BCUT2D eigenvalue weighted by Gasteiger charge is 2.14. The first-order chi connectivity index (χ1) is 10.7. The summed E-state index contributed by atoms with van der Waals surface area (Å²) in [4.78, 5) is 4.71. The van der Waals surface area contributed by atoms with Crippen molar-refractivity contribution in [2.24, 2.45) is 12.0 Å². The van der Waals surface area contributed by atoms with Crippen molar-refractivity contribution in [1.82, 2.24) is 25.4 Å². The molecule has 0 spiro atoms. The van der Waals surface area contributed by atoms with E-state index in [1.54, 1.807) is 0 Å². The summed E-state index contributed by atoms with van der Waals surface area (Å²) in [5, 5.41) is 15.3. The lowest BCUT2D eigenvalue weighted by Crippen LogP contribution is -2.44. The van der Waals surface area contributed by atoms with E-state index in [9.17, 15) is 0 Å². The summed E-state index contributed by atoms with van der Waals surface area (Å²) >= 11 is 0. The van der Waals surface area contributed by atoms with E-state index in [2.05, 4.69) is 27.8 Å². The second-order valence-electron chi connectivity index (χ2n) is 6.15. The minimum atomic E-state index is 0.558. The first-order valence-corrected chi connectivity index (χ1v) is 8.60. The molecule has 1 aliphatic rings. The number of aliphatic imine (C=N–C) groups is 1. The molecule has 1 aromatic heterocycles. The number of guanidine groups is 1. The molecule has 0 bridgehead atoms. The average Bonchev–Trinajstić information content (AvgIpc) is 2.85. The minimum absolute atomic E-state index is 0.558. The van der Waals surface area contributed by atoms with E-state index in [1.165, 1.54) is 38.5 Å². The van der Waals surface area contributed by atoms with Gasteiger partial charge in [0.2, 0.25) is 0 Å². The molecule has 1 fully saturated rings. The normalized spacial score (nSPS) is 16.8. The summed E-state index contributed by atoms with van der Waals surface area (Å²) in [7, 11) is 1.99. The molecule has 0 radical (unpaired) electrons. The zero-order valence-electron chi connectivity index (χ0n) is 14.2. The molecule has 2 N–H and O–H groups in total. The van der Waals surface area contributed by atoms with Gasteiger partial charge in [0.25, 0.3) is 0 Å². The van der Waals surface area contributed by atoms with E-state index in [4.69, 9.17) is 4.99 Å². The van der Waals surface area contributed by atoms with Crippen molar-refractivity contribution >= 4 is 5.96 Å². The topological polar surface area (TPSA) is 67.1 Å². The molecule has 0 saturated heterocycles. The van der Waals surface area contributed by atoms with Crippen LogP contribution in [-0.2, 0) is 13.6 Å². The van der Waals surface area contributed by atoms with Gasteiger partial charge in [-0.3, -0.25) is 0 Å². The lowest BCUT2D eigenvalue weighted by Gasteiger charge is -2.25. The van der Waals surface area contributed by atoms with Crippen molar-refractivity contribution in [3.8, 4) is 0 Å². The third kappa shape index (κ3) is 5.00. The van der Waals surface area contributed by atoms with Crippen LogP contribution in [0.25, 0.3) is 0 Å². The van der Waals surface area contributed by atoms with Crippen molar-refractivity contribution in [2.75, 3.05) is 6.54 Å². The van der Waals surface area contributed by atoms with Gasteiger partial charge in [0.05, 0.1) is 0 Å². The summed E-state index contributed by atoms with van der Waals surface area (Å²) in [6.07, 6.45) is 8.85. The van der Waals surface area contributed by atoms with E-state index in [0.29, 0.717) is 12.6 Å². The Hall–Kier alpha value is -1.59. The number of hydrogen-bond acceptors (Lipinski definition) is 3. The van der Waals surface area contributed by atoms with Crippen molar-refractivity contribution in [3.05, 3.63) is 11.6 Å². The van der Waals surface area contributed by atoms with Crippen LogP contribution in [0.5, 0.6) is 0 Å². The van der Waals surface area contributed by atoms with Gasteiger partial charge in [-0.1, -0.05) is 32.6 Å². The summed E-state index contributed by atoms with van der Waals surface area (Å²) in [6, 6.07) is 0.558. The molecule has 22 heavy (non-hydrogen) atoms. The predicted molar refractivity (Wildman–Crippen MR) is 89.8 cm³/mol. The molecule has 2 rings (SSSR count). The highest BCUT2D eigenvalue weighted by Crippen LogP contribution is 2.17. The molecule has 0 unspecified atom stereocenters. The zero-order valence-corrected chi connectivity index (χ0v) is 14.2. The van der Waals surface area contributed by atoms with Crippen molar-refractivity contribution in [3.63, 3.8) is 0 Å². The van der Waals surface area contributed by atoms with Crippen LogP contribution < -0.4 is 10.6 Å². The maximum absolute atomic E-state index is 4.71. The first-order valence-electron chi connectivity index (χ1n) is 8.60. The third-order valence-electron chi connectivity index (χ3n) is 4.33. The third-order valence-corrected chi connectivity index (χ3v) is 4.33. The van der Waals surface area contributed by atoms with Crippen LogP contribution in [0.15, 0.2) is 4.99 Å². The monoisotopic (exact) mass is 306 g/mol. The number of unbranched alkanes of at least 4 members (excludes halogenated alkanes) is 1. The van der Waals surface area contributed by atoms with Crippen LogP contribution in [0.2, 0.25) is 0 Å². The number of hydrogen-bond donors (Lipinski definition) is 2. The van der Waals surface area contributed by atoms with Crippen LogP contribution in [0.4, 0.5) is 0 Å². The van der Waals surface area contributed by atoms with Crippen LogP contribution in [0, 0.1) is 6.92 Å². The Morgan fingerprint density at radius 2 is 2.05 bits per heavy atom. The maximum atomic E-state index is 4.71. The number of nitrogens with zero attached hydrogens (tertiary/aromatic N) is 4. The second kappa shape index (κ2) is 8.76. The number of nitrogens with one attached hydrogen (secondary N) is 2. The van der Waals surface area contributed by atoms with Crippen molar-refractivity contribution in [1.29, 1.82) is 0 Å². The number of aryl methyl sites for hydroxylation is 1. The van der Waals surface area contributed by atoms with E-state index < -0.39 is 0 Å². The molecule has 0 amide bonds. The van der Waals surface area contributed by atoms with E-state index in [-0.39, 0.29) is 0 Å². The van der Waals surface area contributed by atoms with Crippen molar-refractivity contribution in [2.45, 2.75) is 71.4 Å². The molecule has 0 aromatic carbocycles. The van der Waals surface area contributed by atoms with Gasteiger partial charge < -0.3 is 15.2 Å². The molecule has 1 aromatic rings. The molecule has 6 heteroatoms. The first kappa shape index (κ1) is 16.8. The number of aromatic nitrogens is 3. The fraction of sp³-hybridized carbons (Fsp3) is 0.812. The molecule has 124 valence electrons. The Kier molecular flexibility index (Phi) is 6.68. The molecule has 0 atom stereocenters. The van der Waals surface area contributed by atoms with Crippen LogP contribution in [-0.4, -0.2) is 33.3 Å². The minimum Gasteiger partial charge on any atom is -0.356 e. The van der Waals surface area contributed by atoms with Gasteiger partial charge in [0.1, 0.15) is 12.4 Å². The van der Waals surface area contributed by atoms with Gasteiger partial charge in [-0.15, -0.1) is 10.2 Å². The van der Waals surface area contributed by atoms with Crippen LogP contribution >= 0.6 is 0 Å². The van der Waals surface area contributed by atoms with Gasteiger partial charge in [-0.25, -0.2) is 4.99 Å². The van der Waals surface area contributed by atoms with Crippen LogP contribution in [0.3, 0.4) is 0 Å². The highest BCUT2D eigenvalue weighted by molar-refractivity contribution is 5.80. The van der Waals surface area contributed by atoms with E-state index in [1.807, 2.05) is 18.5 Å². The fourth-order valence-corrected chi connectivity index (χ4v) is 2.71. The fourth-order valence-electron chi connectivity index (χ4n) is 2.71. The molecule has 1 heterocycles. The summed E-state index contributed by atoms with van der Waals surface area (Å²) in [6.45, 7) is 5.69. The standard InChI is InChI=1S/C16H30N6/c1-4-5-11-17-16(19-14-9-7-6-8-10-14)18-12-15-21-20-13(2)22(15)3/h14H,4-12H2,1-3H3,(H2,17,18,19). The smallest absolute Gasteiger partial charge is 0.191 e. The maximum Gasteiger partial charge on any atom is 0.191 e. The van der Waals surface area contributed by atoms with E-state index >= 15 is 0 Å². The molecular weight excluding hydrogens is 276 g/mol. The molecule has 1 aliphatic carbocycles. The Morgan fingerprint density at radius 3 is 2.68 bits per heavy atom. The largest absolute Gasteiger partial charge is 0.356 e. The highest BCUT2D eigenvalue weighted by atomic mass is 15.3. The summed E-state index contributed by atoms with van der Waals surface area (Å²) in [5.41, 5.74) is 0. The van der Waals surface area contributed by atoms with Gasteiger partial charge >= 0.3 is 0 Å². The molecule has 6 nitrogen and oxygen atoms in total. The Bertz CT molecular complexity index is 473. The molecule has 1 saturated carbocycles. The lowest BCUT2D eigenvalue weighted by molar-refractivity contribution is 0.409. The molecular formula is C16H30N6. The zero-order chi connectivity index (χ0) is 15.8. The lowest BCUT2D eigenvalue weighted by atomic mass is 9.96. The number of rotatable bonds is 6. The Morgan fingerprint density at radius 1 is 1.27 bits per heavy atom. The van der Waals surface area contributed by atoms with Gasteiger partial charge in [-0.05, 0) is 26.2 Å². The Labute approximate surface area is 133 Å². The van der Waals surface area contributed by atoms with Crippen LogP contribution in [0.1, 0.15) is 63.5 Å². The van der Waals surface area contributed by atoms with Gasteiger partial charge in [0.15, 0.2) is 11.8 Å². The second-order valence-corrected chi connectivity index (χ2v) is 6.15. The van der Waals surface area contributed by atoms with Gasteiger partial charge in [0, 0.05) is 19.6 Å².